The Morgan fingerprint density at radius 3 is 2.50 bits per heavy atom. The summed E-state index contributed by atoms with van der Waals surface area (Å²) in [5.41, 5.74) is 5.66. The fraction of sp³-hybridized carbons (Fsp3) is 0.158. The number of para-hydroxylation sites is 2. The second kappa shape index (κ2) is 5.94. The van der Waals surface area contributed by atoms with Crippen LogP contribution in [0.15, 0.2) is 54.9 Å². The minimum absolute atomic E-state index is 0.351. The predicted molar refractivity (Wildman–Crippen MR) is 92.5 cm³/mol. The molecule has 0 bridgehead atoms. The van der Waals surface area contributed by atoms with Crippen molar-refractivity contribution in [3.05, 3.63) is 71.8 Å². The molecule has 5 heteroatoms. The summed E-state index contributed by atoms with van der Waals surface area (Å²) in [4.78, 5) is 17.8. The van der Waals surface area contributed by atoms with Crippen molar-refractivity contribution < 1.29 is 5.11 Å². The normalized spacial score (nSPS) is 12.6. The van der Waals surface area contributed by atoms with Gasteiger partial charge in [0, 0.05) is 12.6 Å². The Bertz CT molecular complexity index is 1030. The number of rotatable bonds is 3. The first-order valence-corrected chi connectivity index (χ1v) is 7.81. The lowest BCUT2D eigenvalue weighted by atomic mass is 10.1. The molecule has 5 nitrogen and oxygen atoms in total. The minimum atomic E-state index is -0.766. The summed E-state index contributed by atoms with van der Waals surface area (Å²) >= 11 is 0. The van der Waals surface area contributed by atoms with Crippen LogP contribution in [0.3, 0.4) is 0 Å². The van der Waals surface area contributed by atoms with E-state index in [-0.39, 0.29) is 0 Å². The van der Waals surface area contributed by atoms with E-state index in [1.54, 1.807) is 12.4 Å². The molecule has 24 heavy (non-hydrogen) atoms. The van der Waals surface area contributed by atoms with E-state index in [9.17, 15) is 5.11 Å². The Hall–Kier alpha value is -2.92. The molecule has 2 aromatic carbocycles. The third kappa shape index (κ3) is 2.81. The summed E-state index contributed by atoms with van der Waals surface area (Å²) in [5, 5.41) is 10.5. The van der Waals surface area contributed by atoms with Gasteiger partial charge in [-0.1, -0.05) is 18.2 Å². The Labute approximate surface area is 139 Å². The van der Waals surface area contributed by atoms with Gasteiger partial charge in [-0.15, -0.1) is 0 Å². The zero-order valence-corrected chi connectivity index (χ0v) is 13.2. The first-order chi connectivity index (χ1) is 11.7. The molecule has 0 fully saturated rings. The van der Waals surface area contributed by atoms with Crippen LogP contribution in [0, 0.1) is 6.92 Å². The summed E-state index contributed by atoms with van der Waals surface area (Å²) in [5.74, 6) is 0. The van der Waals surface area contributed by atoms with Crippen LogP contribution in [-0.2, 0) is 6.42 Å². The van der Waals surface area contributed by atoms with Gasteiger partial charge in [-0.3, -0.25) is 9.97 Å². The van der Waals surface area contributed by atoms with Gasteiger partial charge in [0.25, 0.3) is 0 Å². The first kappa shape index (κ1) is 14.7. The molecule has 0 spiro atoms. The van der Waals surface area contributed by atoms with Crippen molar-refractivity contribution in [1.29, 1.82) is 0 Å². The highest BCUT2D eigenvalue weighted by Gasteiger charge is 2.13. The first-order valence-electron chi connectivity index (χ1n) is 7.81. The zero-order chi connectivity index (χ0) is 16.5. The van der Waals surface area contributed by atoms with Gasteiger partial charge in [0.05, 0.1) is 39.7 Å². The zero-order valence-electron chi connectivity index (χ0n) is 13.2. The highest BCUT2D eigenvalue weighted by atomic mass is 16.3. The quantitative estimate of drug-likeness (QED) is 0.628. The number of benzene rings is 2. The molecule has 0 amide bonds. The highest BCUT2D eigenvalue weighted by molar-refractivity contribution is 5.75. The number of hydrogen-bond acceptors (Lipinski definition) is 5. The average Bonchev–Trinajstić information content (AvgIpc) is 2.61. The number of fused-ring (bicyclic) bond motifs is 2. The number of aliphatic hydroxyl groups is 1. The third-order valence-corrected chi connectivity index (χ3v) is 3.96. The molecule has 2 heterocycles. The SMILES string of the molecule is Cc1ccc2ncc(C(O)Cc3cnc4ccccc4n3)nc2c1. The lowest BCUT2D eigenvalue weighted by Gasteiger charge is -2.10. The Morgan fingerprint density at radius 1 is 0.875 bits per heavy atom. The van der Waals surface area contributed by atoms with E-state index < -0.39 is 6.10 Å². The second-order valence-electron chi connectivity index (χ2n) is 5.86. The molecule has 4 rings (SSSR count). The maximum absolute atomic E-state index is 10.5. The Morgan fingerprint density at radius 2 is 1.62 bits per heavy atom. The molecular formula is C19H16N4O. The summed E-state index contributed by atoms with van der Waals surface area (Å²) < 4.78 is 0. The van der Waals surface area contributed by atoms with Gasteiger partial charge < -0.3 is 5.11 Å². The van der Waals surface area contributed by atoms with Crippen molar-refractivity contribution in [3.63, 3.8) is 0 Å². The number of nitrogens with zero attached hydrogens (tertiary/aromatic N) is 4. The molecule has 1 atom stereocenters. The monoisotopic (exact) mass is 316 g/mol. The average molecular weight is 316 g/mol. The molecule has 2 aromatic heterocycles. The van der Waals surface area contributed by atoms with Crippen LogP contribution in [0.5, 0.6) is 0 Å². The Kier molecular flexibility index (Phi) is 3.63. The molecule has 118 valence electrons. The van der Waals surface area contributed by atoms with Gasteiger partial charge in [-0.2, -0.15) is 0 Å². The van der Waals surface area contributed by atoms with E-state index in [4.69, 9.17) is 0 Å². The number of aliphatic hydroxyl groups excluding tert-OH is 1. The smallest absolute Gasteiger partial charge is 0.103 e. The molecule has 0 aliphatic heterocycles. The van der Waals surface area contributed by atoms with E-state index in [1.807, 2.05) is 49.4 Å². The molecule has 0 aliphatic rings. The number of hydrogen-bond donors (Lipinski definition) is 1. The standard InChI is InChI=1S/C19H16N4O/c1-12-6-7-15-17(8-12)23-18(11-21-15)19(24)9-13-10-20-14-4-2-3-5-16(14)22-13/h2-8,10-11,19,24H,9H2,1H3. The summed E-state index contributed by atoms with van der Waals surface area (Å²) in [6.07, 6.45) is 2.91. The van der Waals surface area contributed by atoms with E-state index in [2.05, 4.69) is 19.9 Å². The van der Waals surface area contributed by atoms with Crippen LogP contribution < -0.4 is 0 Å². The number of aryl methyl sites for hydroxylation is 1. The highest BCUT2D eigenvalue weighted by Crippen LogP contribution is 2.19. The largest absolute Gasteiger partial charge is 0.386 e. The molecule has 0 saturated carbocycles. The van der Waals surface area contributed by atoms with Crippen molar-refractivity contribution in [2.75, 3.05) is 0 Å². The summed E-state index contributed by atoms with van der Waals surface area (Å²) in [7, 11) is 0. The van der Waals surface area contributed by atoms with Crippen LogP contribution in [0.25, 0.3) is 22.1 Å². The van der Waals surface area contributed by atoms with E-state index in [0.717, 1.165) is 33.3 Å². The fourth-order valence-corrected chi connectivity index (χ4v) is 2.69. The predicted octanol–water partition coefficient (Wildman–Crippen LogP) is 3.16. The molecular weight excluding hydrogens is 300 g/mol. The molecule has 1 unspecified atom stereocenters. The van der Waals surface area contributed by atoms with Crippen LogP contribution in [0.4, 0.5) is 0 Å². The van der Waals surface area contributed by atoms with Crippen LogP contribution in [0.1, 0.15) is 23.1 Å². The molecule has 0 saturated heterocycles. The molecule has 0 radical (unpaired) electrons. The van der Waals surface area contributed by atoms with Crippen LogP contribution in [0.2, 0.25) is 0 Å². The minimum Gasteiger partial charge on any atom is -0.386 e. The summed E-state index contributed by atoms with van der Waals surface area (Å²) in [6, 6.07) is 13.6. The van der Waals surface area contributed by atoms with Crippen molar-refractivity contribution in [1.82, 2.24) is 19.9 Å². The van der Waals surface area contributed by atoms with Gasteiger partial charge in [0.2, 0.25) is 0 Å². The van der Waals surface area contributed by atoms with Crippen molar-refractivity contribution in [3.8, 4) is 0 Å². The molecule has 4 aromatic rings. The van der Waals surface area contributed by atoms with Gasteiger partial charge in [-0.25, -0.2) is 9.97 Å². The second-order valence-corrected chi connectivity index (χ2v) is 5.86. The van der Waals surface area contributed by atoms with E-state index >= 15 is 0 Å². The maximum Gasteiger partial charge on any atom is 0.103 e. The number of aromatic nitrogens is 4. The van der Waals surface area contributed by atoms with Gasteiger partial charge in [0.1, 0.15) is 6.10 Å². The molecule has 1 N–H and O–H groups in total. The van der Waals surface area contributed by atoms with Crippen LogP contribution in [-0.4, -0.2) is 25.0 Å². The maximum atomic E-state index is 10.5. The Balaban J connectivity index is 1.63. The van der Waals surface area contributed by atoms with Crippen LogP contribution >= 0.6 is 0 Å². The third-order valence-electron chi connectivity index (χ3n) is 3.96. The van der Waals surface area contributed by atoms with Gasteiger partial charge >= 0.3 is 0 Å². The molecule has 0 aliphatic carbocycles. The van der Waals surface area contributed by atoms with Crippen molar-refractivity contribution in [2.45, 2.75) is 19.4 Å². The van der Waals surface area contributed by atoms with E-state index in [0.29, 0.717) is 12.1 Å². The van der Waals surface area contributed by atoms with E-state index in [1.165, 1.54) is 0 Å². The van der Waals surface area contributed by atoms with Crippen molar-refractivity contribution >= 4 is 22.1 Å². The lowest BCUT2D eigenvalue weighted by molar-refractivity contribution is 0.172. The summed E-state index contributed by atoms with van der Waals surface area (Å²) in [6.45, 7) is 2.01. The lowest BCUT2D eigenvalue weighted by Crippen LogP contribution is -2.07. The fourth-order valence-electron chi connectivity index (χ4n) is 2.69. The topological polar surface area (TPSA) is 71.8 Å². The van der Waals surface area contributed by atoms with Gasteiger partial charge in [-0.05, 0) is 36.8 Å². The van der Waals surface area contributed by atoms with Gasteiger partial charge in [0.15, 0.2) is 0 Å². The van der Waals surface area contributed by atoms with Crippen molar-refractivity contribution in [2.24, 2.45) is 0 Å².